The maximum Gasteiger partial charge on any atom is 0.120 e. The highest BCUT2D eigenvalue weighted by atomic mass is 35.5. The zero-order valence-corrected chi connectivity index (χ0v) is 7.93. The number of para-hydroxylation sites is 1. The Balaban J connectivity index is 0.00000144. The molecule has 0 aromatic heterocycles. The second-order valence-corrected chi connectivity index (χ2v) is 2.64. The molecule has 13 heavy (non-hydrogen) atoms. The molecule has 0 saturated heterocycles. The van der Waals surface area contributed by atoms with Crippen LogP contribution in [-0.4, -0.2) is 11.8 Å². The summed E-state index contributed by atoms with van der Waals surface area (Å²) in [5, 5.41) is 9.31. The molecule has 0 heterocycles. The van der Waals surface area contributed by atoms with E-state index in [4.69, 9.17) is 5.73 Å². The first-order valence-electron chi connectivity index (χ1n) is 3.85. The molecule has 2 nitrogen and oxygen atoms in total. The van der Waals surface area contributed by atoms with Gasteiger partial charge < -0.3 is 10.8 Å². The minimum Gasteiger partial charge on any atom is -0.508 e. The Bertz CT molecular complexity index is 257. The topological polar surface area (TPSA) is 46.2 Å². The Labute approximate surface area is 83.0 Å². The van der Waals surface area contributed by atoms with Gasteiger partial charge in [0, 0.05) is 11.6 Å². The number of phenolic OH excluding ortho intramolecular Hbond substituents is 1. The molecule has 3 N–H and O–H groups in total. The molecule has 1 atom stereocenters. The van der Waals surface area contributed by atoms with Crippen molar-refractivity contribution in [1.29, 1.82) is 0 Å². The minimum absolute atomic E-state index is 0. The van der Waals surface area contributed by atoms with Crippen LogP contribution < -0.4 is 5.73 Å². The molecular weight excluding hydrogens is 193 g/mol. The minimum atomic E-state index is -0.463. The average molecular weight is 206 g/mol. The highest BCUT2D eigenvalue weighted by Gasteiger charge is 2.08. The quantitative estimate of drug-likeness (QED) is 0.795. The number of hydrogen-bond donors (Lipinski definition) is 2. The lowest BCUT2D eigenvalue weighted by atomic mass is 10.0. The average Bonchev–Trinajstić information content (AvgIpc) is 2.05. The predicted octanol–water partition coefficient (Wildman–Crippen LogP) is 2.17. The van der Waals surface area contributed by atoms with Crippen molar-refractivity contribution in [3.63, 3.8) is 0 Å². The number of halogens is 2. The fourth-order valence-electron chi connectivity index (χ4n) is 1.07. The summed E-state index contributed by atoms with van der Waals surface area (Å²) in [5.74, 6) is 0.137. The summed E-state index contributed by atoms with van der Waals surface area (Å²) in [5.41, 5.74) is 6.21. The molecule has 0 aliphatic carbocycles. The molecule has 0 unspecified atom stereocenters. The molecule has 0 saturated carbocycles. The first kappa shape index (κ1) is 12.2. The van der Waals surface area contributed by atoms with E-state index in [1.807, 2.05) is 0 Å². The molecule has 0 radical (unpaired) electrons. The summed E-state index contributed by atoms with van der Waals surface area (Å²) in [6.45, 7) is -0.463. The number of phenols is 1. The van der Waals surface area contributed by atoms with Gasteiger partial charge in [-0.3, -0.25) is 4.39 Å². The van der Waals surface area contributed by atoms with Crippen molar-refractivity contribution in [3.05, 3.63) is 29.8 Å². The van der Waals surface area contributed by atoms with Crippen molar-refractivity contribution < 1.29 is 9.50 Å². The first-order valence-corrected chi connectivity index (χ1v) is 3.85. The van der Waals surface area contributed by atoms with Crippen LogP contribution in [0.2, 0.25) is 0 Å². The molecule has 0 amide bonds. The van der Waals surface area contributed by atoms with E-state index in [0.29, 0.717) is 5.56 Å². The van der Waals surface area contributed by atoms with Gasteiger partial charge in [0.05, 0.1) is 6.67 Å². The van der Waals surface area contributed by atoms with E-state index in [-0.39, 0.29) is 24.6 Å². The predicted molar refractivity (Wildman–Crippen MR) is 52.9 cm³/mol. The number of hydrogen-bond acceptors (Lipinski definition) is 2. The Morgan fingerprint density at radius 3 is 2.54 bits per heavy atom. The van der Waals surface area contributed by atoms with E-state index in [2.05, 4.69) is 0 Å². The summed E-state index contributed by atoms with van der Waals surface area (Å²) in [7, 11) is 0. The van der Waals surface area contributed by atoms with Gasteiger partial charge in [-0.2, -0.15) is 0 Å². The van der Waals surface area contributed by atoms with Crippen LogP contribution in [0, 0.1) is 0 Å². The van der Waals surface area contributed by atoms with Crippen LogP contribution in [0.25, 0.3) is 0 Å². The van der Waals surface area contributed by atoms with Gasteiger partial charge in [0.25, 0.3) is 0 Å². The van der Waals surface area contributed by atoms with Crippen LogP contribution in [0.5, 0.6) is 5.75 Å². The third-order valence-electron chi connectivity index (χ3n) is 1.76. The van der Waals surface area contributed by atoms with Crippen molar-refractivity contribution >= 4 is 12.4 Å². The largest absolute Gasteiger partial charge is 0.508 e. The number of alkyl halides is 1. The Kier molecular flexibility index (Phi) is 5.42. The number of aromatic hydroxyl groups is 1. The SMILES string of the molecule is Cl.N[C@H](CCF)c1ccccc1O. The second-order valence-electron chi connectivity index (χ2n) is 2.64. The Morgan fingerprint density at radius 1 is 1.38 bits per heavy atom. The summed E-state index contributed by atoms with van der Waals surface area (Å²) < 4.78 is 11.9. The number of nitrogens with two attached hydrogens (primary N) is 1. The van der Waals surface area contributed by atoms with Crippen molar-refractivity contribution in [2.24, 2.45) is 5.73 Å². The molecule has 74 valence electrons. The van der Waals surface area contributed by atoms with Gasteiger partial charge in [-0.05, 0) is 12.5 Å². The maximum absolute atomic E-state index is 11.9. The van der Waals surface area contributed by atoms with Crippen LogP contribution in [0.3, 0.4) is 0 Å². The fraction of sp³-hybridized carbons (Fsp3) is 0.333. The molecule has 0 spiro atoms. The standard InChI is InChI=1S/C9H12FNO.ClH/c10-6-5-8(11)7-3-1-2-4-9(7)12;/h1-4,8,12H,5-6,11H2;1H/t8-;/m1./s1. The van der Waals surface area contributed by atoms with E-state index >= 15 is 0 Å². The molecular formula is C9H13ClFNO. The van der Waals surface area contributed by atoms with Gasteiger partial charge in [-0.25, -0.2) is 0 Å². The molecule has 0 fully saturated rings. The molecule has 1 rings (SSSR count). The number of rotatable bonds is 3. The smallest absolute Gasteiger partial charge is 0.120 e. The molecule has 0 bridgehead atoms. The van der Waals surface area contributed by atoms with Gasteiger partial charge in [0.15, 0.2) is 0 Å². The summed E-state index contributed by atoms with van der Waals surface area (Å²) in [6, 6.07) is 6.33. The Hall–Kier alpha value is -0.800. The third kappa shape index (κ3) is 3.20. The molecule has 4 heteroatoms. The fourth-order valence-corrected chi connectivity index (χ4v) is 1.07. The van der Waals surface area contributed by atoms with Gasteiger partial charge in [-0.1, -0.05) is 18.2 Å². The number of benzene rings is 1. The lowest BCUT2D eigenvalue weighted by Crippen LogP contribution is -2.10. The van der Waals surface area contributed by atoms with Gasteiger partial charge >= 0.3 is 0 Å². The van der Waals surface area contributed by atoms with E-state index in [0.717, 1.165) is 0 Å². The van der Waals surface area contributed by atoms with Crippen molar-refractivity contribution in [2.45, 2.75) is 12.5 Å². The summed E-state index contributed by atoms with van der Waals surface area (Å²) >= 11 is 0. The van der Waals surface area contributed by atoms with Crippen molar-refractivity contribution in [2.75, 3.05) is 6.67 Å². The third-order valence-corrected chi connectivity index (χ3v) is 1.76. The van der Waals surface area contributed by atoms with Crippen LogP contribution in [-0.2, 0) is 0 Å². The van der Waals surface area contributed by atoms with Gasteiger partial charge in [0.1, 0.15) is 5.75 Å². The lowest BCUT2D eigenvalue weighted by molar-refractivity contribution is 0.424. The summed E-state index contributed by atoms with van der Waals surface area (Å²) in [6.07, 6.45) is 0.248. The van der Waals surface area contributed by atoms with Crippen molar-refractivity contribution in [1.82, 2.24) is 0 Å². The van der Waals surface area contributed by atoms with Crippen LogP contribution in [0.4, 0.5) is 4.39 Å². The van der Waals surface area contributed by atoms with E-state index in [1.54, 1.807) is 24.3 Å². The van der Waals surface area contributed by atoms with E-state index < -0.39 is 12.7 Å². The highest BCUT2D eigenvalue weighted by molar-refractivity contribution is 5.85. The molecule has 0 aliphatic rings. The zero-order valence-electron chi connectivity index (χ0n) is 7.11. The first-order chi connectivity index (χ1) is 5.75. The maximum atomic E-state index is 11.9. The van der Waals surface area contributed by atoms with Crippen LogP contribution in [0.15, 0.2) is 24.3 Å². The van der Waals surface area contributed by atoms with Gasteiger partial charge in [-0.15, -0.1) is 12.4 Å². The van der Waals surface area contributed by atoms with Crippen molar-refractivity contribution in [3.8, 4) is 5.75 Å². The second kappa shape index (κ2) is 5.78. The highest BCUT2D eigenvalue weighted by Crippen LogP contribution is 2.23. The normalized spacial score (nSPS) is 11.8. The van der Waals surface area contributed by atoms with Crippen LogP contribution in [0.1, 0.15) is 18.0 Å². The van der Waals surface area contributed by atoms with E-state index in [1.165, 1.54) is 0 Å². The van der Waals surface area contributed by atoms with E-state index in [9.17, 15) is 9.50 Å². The van der Waals surface area contributed by atoms with Gasteiger partial charge in [0.2, 0.25) is 0 Å². The monoisotopic (exact) mass is 205 g/mol. The summed E-state index contributed by atoms with van der Waals surface area (Å²) in [4.78, 5) is 0. The molecule has 0 aliphatic heterocycles. The zero-order chi connectivity index (χ0) is 8.97. The Morgan fingerprint density at radius 2 is 2.00 bits per heavy atom. The van der Waals surface area contributed by atoms with Crippen LogP contribution >= 0.6 is 12.4 Å². The molecule has 1 aromatic carbocycles. The lowest BCUT2D eigenvalue weighted by Gasteiger charge is -2.10. The molecule has 1 aromatic rings.